The molecule has 0 aliphatic carbocycles. The van der Waals surface area contributed by atoms with E-state index in [1.807, 2.05) is 28.8 Å². The van der Waals surface area contributed by atoms with Crippen molar-refractivity contribution in [1.29, 1.82) is 0 Å². The van der Waals surface area contributed by atoms with E-state index in [1.54, 1.807) is 12.1 Å². The van der Waals surface area contributed by atoms with Gasteiger partial charge in [-0.3, -0.25) is 4.79 Å². The van der Waals surface area contributed by atoms with Gasteiger partial charge in [-0.2, -0.15) is 0 Å². The van der Waals surface area contributed by atoms with Gasteiger partial charge in [-0.1, -0.05) is 12.1 Å². The summed E-state index contributed by atoms with van der Waals surface area (Å²) in [6.07, 6.45) is 0. The Kier molecular flexibility index (Phi) is 3.50. The first-order chi connectivity index (χ1) is 12.0. The van der Waals surface area contributed by atoms with E-state index < -0.39 is 10.0 Å². The molecule has 0 bridgehead atoms. The van der Waals surface area contributed by atoms with Crippen LogP contribution in [0.1, 0.15) is 6.92 Å². The predicted molar refractivity (Wildman–Crippen MR) is 95.0 cm³/mol. The molecule has 7 nitrogen and oxygen atoms in total. The van der Waals surface area contributed by atoms with E-state index in [-0.39, 0.29) is 10.8 Å². The summed E-state index contributed by atoms with van der Waals surface area (Å²) in [7, 11) is -3.71. The molecule has 8 heteroatoms. The maximum atomic E-state index is 13.0. The van der Waals surface area contributed by atoms with Crippen LogP contribution in [0.25, 0.3) is 11.0 Å². The first kappa shape index (κ1) is 15.6. The second kappa shape index (κ2) is 5.59. The third-order valence-electron chi connectivity index (χ3n) is 4.15. The number of imidazole rings is 1. The third-order valence-corrected chi connectivity index (χ3v) is 5.94. The Hall–Kier alpha value is -2.87. The molecule has 1 aliphatic rings. The Morgan fingerprint density at radius 2 is 1.80 bits per heavy atom. The number of nitrogens with one attached hydrogen (secondary N) is 1. The van der Waals surface area contributed by atoms with Gasteiger partial charge < -0.3 is 9.88 Å². The van der Waals surface area contributed by atoms with Crippen molar-refractivity contribution in [1.82, 2.24) is 9.55 Å². The van der Waals surface area contributed by atoms with Crippen molar-refractivity contribution in [3.63, 3.8) is 0 Å². The quantitative estimate of drug-likeness (QED) is 0.780. The summed E-state index contributed by atoms with van der Waals surface area (Å²) in [6, 6.07) is 13.7. The van der Waals surface area contributed by atoms with Gasteiger partial charge in [0.2, 0.25) is 11.9 Å². The molecule has 2 heterocycles. The highest BCUT2D eigenvalue weighted by atomic mass is 32.2. The van der Waals surface area contributed by atoms with Gasteiger partial charge in [-0.05, 0) is 36.4 Å². The number of amides is 1. The molecule has 0 spiro atoms. The van der Waals surface area contributed by atoms with Crippen LogP contribution in [0.4, 0.5) is 11.6 Å². The highest BCUT2D eigenvalue weighted by Gasteiger charge is 2.33. The molecule has 1 aliphatic heterocycles. The monoisotopic (exact) mass is 356 g/mol. The molecule has 25 heavy (non-hydrogen) atoms. The topological polar surface area (TPSA) is 84.3 Å². The van der Waals surface area contributed by atoms with Crippen LogP contribution in [0.3, 0.4) is 0 Å². The van der Waals surface area contributed by atoms with Gasteiger partial charge in [0, 0.05) is 19.2 Å². The Labute approximate surface area is 144 Å². The smallest absolute Gasteiger partial charge is 0.266 e. The van der Waals surface area contributed by atoms with E-state index in [4.69, 9.17) is 0 Å². The molecule has 1 amide bonds. The standard InChI is InChI=1S/C17H16N4O3S/c1-12(22)18-13-6-8-14(9-7-13)25(23,24)21-11-10-20-16-5-3-2-4-15(16)19-17(20)21/h2-9H,10-11H2,1H3,(H,18,22). The van der Waals surface area contributed by atoms with Gasteiger partial charge in [0.15, 0.2) is 0 Å². The lowest BCUT2D eigenvalue weighted by molar-refractivity contribution is -0.114. The van der Waals surface area contributed by atoms with Crippen molar-refractivity contribution in [3.05, 3.63) is 48.5 Å². The highest BCUT2D eigenvalue weighted by Crippen LogP contribution is 2.31. The molecule has 0 atom stereocenters. The summed E-state index contributed by atoms with van der Waals surface area (Å²) < 4.78 is 29.2. The van der Waals surface area contributed by atoms with Crippen LogP contribution in [-0.4, -0.2) is 30.4 Å². The molecular formula is C17H16N4O3S. The molecule has 0 saturated heterocycles. The fourth-order valence-corrected chi connectivity index (χ4v) is 4.44. The average Bonchev–Trinajstić information content (AvgIpc) is 3.14. The second-order valence-corrected chi connectivity index (χ2v) is 7.70. The summed E-state index contributed by atoms with van der Waals surface area (Å²) in [5, 5.41) is 2.62. The van der Waals surface area contributed by atoms with E-state index in [0.717, 1.165) is 11.0 Å². The largest absolute Gasteiger partial charge is 0.326 e. The number of fused-ring (bicyclic) bond motifs is 3. The number of nitrogens with zero attached hydrogens (tertiary/aromatic N) is 3. The van der Waals surface area contributed by atoms with Crippen LogP contribution in [0.5, 0.6) is 0 Å². The molecule has 0 saturated carbocycles. The van der Waals surface area contributed by atoms with Gasteiger partial charge in [-0.15, -0.1) is 0 Å². The number of hydrogen-bond acceptors (Lipinski definition) is 4. The second-order valence-electron chi connectivity index (χ2n) is 5.83. The Morgan fingerprint density at radius 3 is 2.52 bits per heavy atom. The number of rotatable bonds is 3. The molecule has 0 radical (unpaired) electrons. The number of aromatic nitrogens is 2. The lowest BCUT2D eigenvalue weighted by Gasteiger charge is -2.16. The molecule has 3 aromatic rings. The molecule has 1 N–H and O–H groups in total. The fourth-order valence-electron chi connectivity index (χ4n) is 3.03. The molecule has 0 fully saturated rings. The summed E-state index contributed by atoms with van der Waals surface area (Å²) >= 11 is 0. The first-order valence-electron chi connectivity index (χ1n) is 7.82. The van der Waals surface area contributed by atoms with Crippen LogP contribution in [0.15, 0.2) is 53.4 Å². The lowest BCUT2D eigenvalue weighted by Crippen LogP contribution is -2.29. The van der Waals surface area contributed by atoms with Crippen molar-refractivity contribution in [2.24, 2.45) is 0 Å². The maximum Gasteiger partial charge on any atom is 0.266 e. The Bertz CT molecular complexity index is 1070. The Morgan fingerprint density at radius 1 is 1.08 bits per heavy atom. The number of carbonyl (C=O) groups is 1. The first-order valence-corrected chi connectivity index (χ1v) is 9.26. The molecule has 1 aromatic heterocycles. The summed E-state index contributed by atoms with van der Waals surface area (Å²) in [5.41, 5.74) is 2.26. The van der Waals surface area contributed by atoms with Gasteiger partial charge in [0.05, 0.1) is 22.5 Å². The number of sulfonamides is 1. The molecule has 4 rings (SSSR count). The molecule has 2 aromatic carbocycles. The van der Waals surface area contributed by atoms with E-state index in [0.29, 0.717) is 24.7 Å². The van der Waals surface area contributed by atoms with Gasteiger partial charge >= 0.3 is 0 Å². The van der Waals surface area contributed by atoms with Gasteiger partial charge in [-0.25, -0.2) is 17.7 Å². The zero-order valence-electron chi connectivity index (χ0n) is 13.5. The van der Waals surface area contributed by atoms with Crippen LogP contribution in [0.2, 0.25) is 0 Å². The zero-order valence-corrected chi connectivity index (χ0v) is 14.3. The molecule has 128 valence electrons. The summed E-state index contributed by atoms with van der Waals surface area (Å²) in [6.45, 7) is 2.32. The summed E-state index contributed by atoms with van der Waals surface area (Å²) in [5.74, 6) is 0.232. The normalized spacial score (nSPS) is 13.9. The maximum absolute atomic E-state index is 13.0. The van der Waals surface area contributed by atoms with Crippen LogP contribution >= 0.6 is 0 Å². The number of hydrogen-bond donors (Lipinski definition) is 1. The minimum atomic E-state index is -3.71. The van der Waals surface area contributed by atoms with Crippen molar-refractivity contribution >= 4 is 38.6 Å². The van der Waals surface area contributed by atoms with E-state index in [2.05, 4.69) is 10.3 Å². The lowest BCUT2D eigenvalue weighted by atomic mass is 10.3. The molecule has 0 unspecified atom stereocenters. The van der Waals surface area contributed by atoms with Gasteiger partial charge in [0.25, 0.3) is 10.0 Å². The number of para-hydroxylation sites is 2. The van der Waals surface area contributed by atoms with E-state index in [9.17, 15) is 13.2 Å². The highest BCUT2D eigenvalue weighted by molar-refractivity contribution is 7.92. The SMILES string of the molecule is CC(=O)Nc1ccc(S(=O)(=O)N2CCn3c2nc2ccccc23)cc1. The fraction of sp³-hybridized carbons (Fsp3) is 0.176. The van der Waals surface area contributed by atoms with Crippen molar-refractivity contribution in [2.75, 3.05) is 16.2 Å². The summed E-state index contributed by atoms with van der Waals surface area (Å²) in [4.78, 5) is 15.7. The number of anilines is 2. The zero-order chi connectivity index (χ0) is 17.6. The third kappa shape index (κ3) is 2.54. The Balaban J connectivity index is 1.72. The molecular weight excluding hydrogens is 340 g/mol. The van der Waals surface area contributed by atoms with E-state index >= 15 is 0 Å². The van der Waals surface area contributed by atoms with Crippen LogP contribution in [-0.2, 0) is 21.4 Å². The minimum absolute atomic E-state index is 0.169. The van der Waals surface area contributed by atoms with Crippen molar-refractivity contribution < 1.29 is 13.2 Å². The van der Waals surface area contributed by atoms with Gasteiger partial charge in [0.1, 0.15) is 0 Å². The van der Waals surface area contributed by atoms with Crippen LogP contribution in [0, 0.1) is 0 Å². The predicted octanol–water partition coefficient (Wildman–Crippen LogP) is 2.20. The van der Waals surface area contributed by atoms with E-state index in [1.165, 1.54) is 23.4 Å². The van der Waals surface area contributed by atoms with Crippen molar-refractivity contribution in [2.45, 2.75) is 18.4 Å². The van der Waals surface area contributed by atoms with Crippen LogP contribution < -0.4 is 9.62 Å². The minimum Gasteiger partial charge on any atom is -0.326 e. The average molecular weight is 356 g/mol. The van der Waals surface area contributed by atoms with Crippen molar-refractivity contribution in [3.8, 4) is 0 Å². The number of benzene rings is 2. The number of carbonyl (C=O) groups excluding carboxylic acids is 1.